The van der Waals surface area contributed by atoms with E-state index in [9.17, 15) is 9.59 Å². The third-order valence-electron chi connectivity index (χ3n) is 6.06. The number of aryl methyl sites for hydroxylation is 1. The molecule has 1 aromatic carbocycles. The maximum atomic E-state index is 13.2. The predicted octanol–water partition coefficient (Wildman–Crippen LogP) is 4.51. The number of rotatable bonds is 5. The van der Waals surface area contributed by atoms with Crippen LogP contribution in [0.25, 0.3) is 16.0 Å². The van der Waals surface area contributed by atoms with Gasteiger partial charge in [0.2, 0.25) is 5.78 Å². The van der Waals surface area contributed by atoms with Gasteiger partial charge in [0.15, 0.2) is 10.9 Å². The van der Waals surface area contributed by atoms with Crippen molar-refractivity contribution in [3.63, 3.8) is 0 Å². The smallest absolute Gasteiger partial charge is 0.263 e. The fourth-order valence-electron chi connectivity index (χ4n) is 3.93. The first kappa shape index (κ1) is 21.6. The molecule has 1 aliphatic heterocycles. The Morgan fingerprint density at radius 3 is 2.78 bits per heavy atom. The van der Waals surface area contributed by atoms with Gasteiger partial charge in [-0.05, 0) is 43.2 Å². The number of nitrogens with zero attached hydrogens (tertiary/aromatic N) is 4. The summed E-state index contributed by atoms with van der Waals surface area (Å²) >= 11 is 8.78. The molecule has 4 aromatic rings. The third kappa shape index (κ3) is 3.48. The number of hydrogen-bond acceptors (Lipinski definition) is 7. The lowest BCUT2D eigenvalue weighted by atomic mass is 9.90. The van der Waals surface area contributed by atoms with E-state index >= 15 is 0 Å². The zero-order valence-electron chi connectivity index (χ0n) is 17.8. The minimum absolute atomic E-state index is 0.0259. The lowest BCUT2D eigenvalue weighted by Crippen LogP contribution is -2.34. The summed E-state index contributed by atoms with van der Waals surface area (Å²) in [6.07, 6.45) is 1.56. The molecule has 1 atom stereocenters. The highest BCUT2D eigenvalue weighted by molar-refractivity contribution is 7.99. The quantitative estimate of drug-likeness (QED) is 0.304. The Labute approximate surface area is 197 Å². The highest BCUT2D eigenvalue weighted by atomic mass is 35.5. The first-order chi connectivity index (χ1) is 15.3. The van der Waals surface area contributed by atoms with E-state index in [1.807, 2.05) is 4.40 Å². The molecule has 5 rings (SSSR count). The van der Waals surface area contributed by atoms with Crippen molar-refractivity contribution >= 4 is 56.5 Å². The molecule has 1 aliphatic rings. The second-order valence-electron chi connectivity index (χ2n) is 8.15. The summed E-state index contributed by atoms with van der Waals surface area (Å²) in [7, 11) is 1.71. The summed E-state index contributed by atoms with van der Waals surface area (Å²) in [5.74, 6) is 0.637. The Morgan fingerprint density at radius 1 is 1.31 bits per heavy atom. The normalized spacial score (nSPS) is 18.4. The number of carbonyl (C=O) groups is 1. The number of fused-ring (bicyclic) bond motifs is 5. The van der Waals surface area contributed by atoms with E-state index in [2.05, 4.69) is 24.0 Å². The van der Waals surface area contributed by atoms with Crippen molar-refractivity contribution in [3.05, 3.63) is 55.6 Å². The second-order valence-corrected chi connectivity index (χ2v) is 10.6. The van der Waals surface area contributed by atoms with Crippen LogP contribution in [-0.4, -0.2) is 36.3 Å². The molecule has 0 N–H and O–H groups in total. The van der Waals surface area contributed by atoms with E-state index in [-0.39, 0.29) is 22.7 Å². The number of ketones is 1. The van der Waals surface area contributed by atoms with Crippen molar-refractivity contribution in [1.29, 1.82) is 0 Å². The van der Waals surface area contributed by atoms with Gasteiger partial charge in [-0.1, -0.05) is 30.3 Å². The van der Waals surface area contributed by atoms with E-state index in [1.165, 1.54) is 16.3 Å². The highest BCUT2D eigenvalue weighted by Crippen LogP contribution is 2.39. The van der Waals surface area contributed by atoms with Crippen LogP contribution in [0.5, 0.6) is 0 Å². The average Bonchev–Trinajstić information content (AvgIpc) is 3.37. The Morgan fingerprint density at radius 2 is 2.06 bits per heavy atom. The van der Waals surface area contributed by atoms with E-state index in [0.29, 0.717) is 39.9 Å². The number of benzene rings is 1. The molecule has 0 aliphatic carbocycles. The van der Waals surface area contributed by atoms with Crippen LogP contribution in [0.2, 0.25) is 5.02 Å². The summed E-state index contributed by atoms with van der Waals surface area (Å²) in [5, 5.41) is 10.4. The minimum Gasteiger partial charge on any atom is -0.369 e. The molecule has 0 radical (unpaired) electrons. The summed E-state index contributed by atoms with van der Waals surface area (Å²) in [5.41, 5.74) is 1.30. The minimum atomic E-state index is -0.281. The van der Waals surface area contributed by atoms with E-state index in [1.54, 1.807) is 42.6 Å². The fraction of sp³-hybridized carbons (Fsp3) is 0.364. The van der Waals surface area contributed by atoms with Crippen molar-refractivity contribution in [1.82, 2.24) is 19.2 Å². The number of aromatic nitrogens is 4. The summed E-state index contributed by atoms with van der Waals surface area (Å²) < 4.78 is 9.53. The van der Waals surface area contributed by atoms with Crippen molar-refractivity contribution in [2.45, 2.75) is 44.1 Å². The fourth-order valence-corrected chi connectivity index (χ4v) is 6.16. The molecule has 0 saturated heterocycles. The van der Waals surface area contributed by atoms with Gasteiger partial charge in [0.05, 0.1) is 23.3 Å². The molecule has 10 heteroatoms. The zero-order valence-corrected chi connectivity index (χ0v) is 20.2. The first-order valence-corrected chi connectivity index (χ1v) is 12.4. The van der Waals surface area contributed by atoms with Gasteiger partial charge in [0.1, 0.15) is 4.83 Å². The summed E-state index contributed by atoms with van der Waals surface area (Å²) in [6, 6.07) is 6.83. The number of halogens is 1. The van der Waals surface area contributed by atoms with Gasteiger partial charge in [0, 0.05) is 28.9 Å². The molecule has 3 aromatic heterocycles. The monoisotopic (exact) mass is 488 g/mol. The largest absolute Gasteiger partial charge is 0.369 e. The average molecular weight is 489 g/mol. The lowest BCUT2D eigenvalue weighted by Gasteiger charge is -2.32. The second kappa shape index (κ2) is 7.98. The molecule has 4 heterocycles. The molecule has 0 bridgehead atoms. The summed E-state index contributed by atoms with van der Waals surface area (Å²) in [4.78, 5) is 27.8. The maximum absolute atomic E-state index is 13.2. The lowest BCUT2D eigenvalue weighted by molar-refractivity contribution is -0.0543. The number of Topliss-reactive ketones (excluding diaryl/α,β-unsaturated/α-hetero) is 1. The molecular weight excluding hydrogens is 468 g/mol. The zero-order chi connectivity index (χ0) is 22.6. The van der Waals surface area contributed by atoms with Crippen molar-refractivity contribution in [2.75, 3.05) is 5.75 Å². The van der Waals surface area contributed by atoms with Crippen molar-refractivity contribution in [3.8, 4) is 0 Å². The Hall–Kier alpha value is -2.20. The van der Waals surface area contributed by atoms with Gasteiger partial charge in [0.25, 0.3) is 5.56 Å². The third-order valence-corrected chi connectivity index (χ3v) is 8.43. The first-order valence-electron chi connectivity index (χ1n) is 10.2. The predicted molar refractivity (Wildman–Crippen MR) is 127 cm³/mol. The van der Waals surface area contributed by atoms with E-state index < -0.39 is 0 Å². The van der Waals surface area contributed by atoms with Crippen LogP contribution in [0.3, 0.4) is 0 Å². The molecular formula is C22H21ClN4O3S2. The van der Waals surface area contributed by atoms with Crippen LogP contribution < -0.4 is 5.56 Å². The highest BCUT2D eigenvalue weighted by Gasteiger charge is 2.34. The van der Waals surface area contributed by atoms with Crippen LogP contribution in [0.1, 0.15) is 41.1 Å². The molecule has 32 heavy (non-hydrogen) atoms. The molecule has 0 amide bonds. The molecule has 0 spiro atoms. The van der Waals surface area contributed by atoms with Gasteiger partial charge in [-0.3, -0.25) is 14.2 Å². The Balaban J connectivity index is 1.58. The molecule has 1 unspecified atom stereocenters. The van der Waals surface area contributed by atoms with Gasteiger partial charge in [-0.2, -0.15) is 0 Å². The molecule has 0 saturated carbocycles. The van der Waals surface area contributed by atoms with Crippen LogP contribution in [0.15, 0.2) is 34.2 Å². The Bertz CT molecular complexity index is 1420. The van der Waals surface area contributed by atoms with E-state index in [4.69, 9.17) is 16.3 Å². The standard InChI is InChI=1S/C22H21ClN4O3S2/c1-4-22(2)9-14-16(10-30-22)32-19-17(14)18(29)26(3)20-24-25-21(27(19)20)31-11-15(28)12-5-7-13(23)8-6-12/h5-8H,4,9-11H2,1-3H3. The Kier molecular flexibility index (Phi) is 5.40. The maximum Gasteiger partial charge on any atom is 0.263 e. The summed E-state index contributed by atoms with van der Waals surface area (Å²) in [6.45, 7) is 4.68. The number of ether oxygens (including phenoxy) is 1. The number of thioether (sulfide) groups is 1. The molecule has 0 fully saturated rings. The van der Waals surface area contributed by atoms with Crippen LogP contribution in [0.4, 0.5) is 0 Å². The van der Waals surface area contributed by atoms with Crippen LogP contribution >= 0.6 is 34.7 Å². The van der Waals surface area contributed by atoms with Crippen LogP contribution in [-0.2, 0) is 24.8 Å². The molecule has 166 valence electrons. The number of hydrogen-bond donors (Lipinski definition) is 0. The van der Waals surface area contributed by atoms with Crippen molar-refractivity contribution in [2.24, 2.45) is 7.05 Å². The number of thiophene rings is 1. The van der Waals surface area contributed by atoms with Gasteiger partial charge >= 0.3 is 0 Å². The van der Waals surface area contributed by atoms with Gasteiger partial charge in [-0.25, -0.2) is 4.40 Å². The SMILES string of the molecule is CCC1(C)Cc2c(sc3c2c(=O)n(C)c2nnc(SCC(=O)c4ccc(Cl)cc4)n32)CO1. The van der Waals surface area contributed by atoms with Crippen LogP contribution in [0, 0.1) is 0 Å². The van der Waals surface area contributed by atoms with Crippen molar-refractivity contribution < 1.29 is 9.53 Å². The van der Waals surface area contributed by atoms with Gasteiger partial charge < -0.3 is 4.74 Å². The van der Waals surface area contributed by atoms with Gasteiger partial charge in [-0.15, -0.1) is 21.5 Å². The topological polar surface area (TPSA) is 78.5 Å². The van der Waals surface area contributed by atoms with E-state index in [0.717, 1.165) is 21.7 Å². The number of carbonyl (C=O) groups excluding carboxylic acids is 1. The molecule has 7 nitrogen and oxygen atoms in total.